The Balaban J connectivity index is 3.06. The topological polar surface area (TPSA) is 29.3 Å². The maximum atomic E-state index is 5.87. The Morgan fingerprint density at radius 3 is 2.31 bits per heavy atom. The summed E-state index contributed by atoms with van der Waals surface area (Å²) in [6, 6.07) is 6.95. The molecule has 0 aliphatic carbocycles. The zero-order chi connectivity index (χ0) is 12.3. The summed E-state index contributed by atoms with van der Waals surface area (Å²) < 4.78 is 1.12. The lowest BCUT2D eigenvalue weighted by molar-refractivity contribution is 0.701. The molecule has 0 radical (unpaired) electrons. The van der Waals surface area contributed by atoms with Crippen molar-refractivity contribution in [3.63, 3.8) is 0 Å². The van der Waals surface area contributed by atoms with E-state index < -0.39 is 0 Å². The van der Waals surface area contributed by atoms with Gasteiger partial charge in [0.15, 0.2) is 0 Å². The molecular weight excluding hydrogens is 264 g/mol. The van der Waals surface area contributed by atoms with Gasteiger partial charge in [0.1, 0.15) is 0 Å². The first kappa shape index (κ1) is 13.5. The van der Waals surface area contributed by atoms with Crippen LogP contribution in [0.1, 0.15) is 39.3 Å². The Morgan fingerprint density at radius 2 is 1.94 bits per heavy atom. The van der Waals surface area contributed by atoms with E-state index in [2.05, 4.69) is 59.8 Å². The average molecular weight is 285 g/mol. The second kappa shape index (κ2) is 5.69. The molecule has 1 aromatic carbocycles. The van der Waals surface area contributed by atoms with Crippen LogP contribution in [0.25, 0.3) is 0 Å². The van der Waals surface area contributed by atoms with E-state index in [4.69, 9.17) is 5.73 Å². The first-order chi connectivity index (χ1) is 7.47. The van der Waals surface area contributed by atoms with Crippen molar-refractivity contribution in [3.8, 4) is 0 Å². The smallest absolute Gasteiger partial charge is 0.0513 e. The summed E-state index contributed by atoms with van der Waals surface area (Å²) in [7, 11) is 0. The van der Waals surface area contributed by atoms with Crippen molar-refractivity contribution in [2.24, 2.45) is 5.73 Å². The predicted octanol–water partition coefficient (Wildman–Crippen LogP) is 3.70. The van der Waals surface area contributed by atoms with Gasteiger partial charge in [0.25, 0.3) is 0 Å². The molecule has 0 aromatic heterocycles. The van der Waals surface area contributed by atoms with E-state index in [0.717, 1.165) is 16.6 Å². The van der Waals surface area contributed by atoms with E-state index in [1.54, 1.807) is 0 Å². The second-order valence-electron chi connectivity index (χ2n) is 4.38. The van der Waals surface area contributed by atoms with Crippen LogP contribution in [0, 0.1) is 0 Å². The van der Waals surface area contributed by atoms with Crippen molar-refractivity contribution < 1.29 is 0 Å². The number of rotatable bonds is 4. The van der Waals surface area contributed by atoms with Crippen molar-refractivity contribution in [2.45, 2.75) is 39.8 Å². The molecule has 1 aromatic rings. The molecule has 2 N–H and O–H groups in total. The molecule has 3 heteroatoms. The van der Waals surface area contributed by atoms with Gasteiger partial charge < -0.3 is 10.6 Å². The van der Waals surface area contributed by atoms with Crippen LogP contribution in [0.3, 0.4) is 0 Å². The molecule has 0 aliphatic heterocycles. The highest BCUT2D eigenvalue weighted by molar-refractivity contribution is 9.10. The summed E-state index contributed by atoms with van der Waals surface area (Å²) in [5.74, 6) is 0. The van der Waals surface area contributed by atoms with Crippen LogP contribution in [-0.2, 0) is 0 Å². The molecule has 1 rings (SSSR count). The lowest BCUT2D eigenvalue weighted by Gasteiger charge is -2.29. The predicted molar refractivity (Wildman–Crippen MR) is 74.9 cm³/mol. The molecule has 16 heavy (non-hydrogen) atoms. The number of nitrogens with zero attached hydrogens (tertiary/aromatic N) is 1. The molecule has 0 heterocycles. The lowest BCUT2D eigenvalue weighted by atomic mass is 10.1. The molecule has 2 nitrogen and oxygen atoms in total. The fourth-order valence-electron chi connectivity index (χ4n) is 1.85. The monoisotopic (exact) mass is 284 g/mol. The van der Waals surface area contributed by atoms with E-state index >= 15 is 0 Å². The molecule has 0 saturated carbocycles. The highest BCUT2D eigenvalue weighted by Gasteiger charge is 2.12. The minimum atomic E-state index is 0.0828. The van der Waals surface area contributed by atoms with Gasteiger partial charge in [-0.15, -0.1) is 0 Å². The molecule has 0 bridgehead atoms. The largest absolute Gasteiger partial charge is 0.368 e. The number of hydrogen-bond donors (Lipinski definition) is 1. The number of halogens is 1. The first-order valence-electron chi connectivity index (χ1n) is 5.79. The summed E-state index contributed by atoms with van der Waals surface area (Å²) >= 11 is 3.63. The molecule has 90 valence electrons. The van der Waals surface area contributed by atoms with Crippen LogP contribution >= 0.6 is 15.9 Å². The van der Waals surface area contributed by atoms with Crippen molar-refractivity contribution in [3.05, 3.63) is 28.2 Å². The maximum absolute atomic E-state index is 5.87. The van der Waals surface area contributed by atoms with Gasteiger partial charge in [0.05, 0.1) is 5.69 Å². The fraction of sp³-hybridized carbons (Fsp3) is 0.538. The van der Waals surface area contributed by atoms with Gasteiger partial charge >= 0.3 is 0 Å². The number of benzene rings is 1. The zero-order valence-electron chi connectivity index (χ0n) is 10.5. The minimum Gasteiger partial charge on any atom is -0.368 e. The number of nitrogens with two attached hydrogens (primary N) is 1. The van der Waals surface area contributed by atoms with Gasteiger partial charge in [-0.3, -0.25) is 0 Å². The van der Waals surface area contributed by atoms with Gasteiger partial charge in [-0.05, 0) is 61.3 Å². The Kier molecular flexibility index (Phi) is 4.81. The third-order valence-corrected chi connectivity index (χ3v) is 3.41. The van der Waals surface area contributed by atoms with Crippen molar-refractivity contribution in [1.82, 2.24) is 0 Å². The maximum Gasteiger partial charge on any atom is 0.0513 e. The first-order valence-corrected chi connectivity index (χ1v) is 6.58. The zero-order valence-corrected chi connectivity index (χ0v) is 12.1. The quantitative estimate of drug-likeness (QED) is 0.914. The van der Waals surface area contributed by atoms with Crippen LogP contribution in [0.2, 0.25) is 0 Å². The summed E-state index contributed by atoms with van der Waals surface area (Å²) in [4.78, 5) is 2.36. The minimum absolute atomic E-state index is 0.0828. The van der Waals surface area contributed by atoms with E-state index in [-0.39, 0.29) is 6.04 Å². The van der Waals surface area contributed by atoms with Gasteiger partial charge in [-0.1, -0.05) is 6.07 Å². The van der Waals surface area contributed by atoms with Gasteiger partial charge in [-0.25, -0.2) is 0 Å². The lowest BCUT2D eigenvalue weighted by Crippen LogP contribution is -2.30. The molecule has 0 fully saturated rings. The molecule has 1 atom stereocenters. The van der Waals surface area contributed by atoms with E-state index in [1.165, 1.54) is 5.69 Å². The SMILES string of the molecule is CCN(c1ccc(C(C)N)cc1Br)C(C)C. The van der Waals surface area contributed by atoms with Gasteiger partial charge in [-0.2, -0.15) is 0 Å². The average Bonchev–Trinajstić information content (AvgIpc) is 2.20. The molecule has 0 spiro atoms. The van der Waals surface area contributed by atoms with Crippen molar-refractivity contribution in [1.29, 1.82) is 0 Å². The Hall–Kier alpha value is -0.540. The Bertz CT molecular complexity index is 348. The van der Waals surface area contributed by atoms with Crippen LogP contribution in [0.4, 0.5) is 5.69 Å². The normalized spacial score (nSPS) is 12.9. The highest BCUT2D eigenvalue weighted by atomic mass is 79.9. The molecular formula is C13H21BrN2. The Labute approximate surface area is 107 Å². The van der Waals surface area contributed by atoms with E-state index in [9.17, 15) is 0 Å². The number of anilines is 1. The summed E-state index contributed by atoms with van der Waals surface area (Å²) in [6.07, 6.45) is 0. The highest BCUT2D eigenvalue weighted by Crippen LogP contribution is 2.30. The summed E-state index contributed by atoms with van der Waals surface area (Å²) in [5.41, 5.74) is 8.27. The third-order valence-electron chi connectivity index (χ3n) is 2.77. The van der Waals surface area contributed by atoms with Crippen molar-refractivity contribution >= 4 is 21.6 Å². The molecule has 0 saturated heterocycles. The van der Waals surface area contributed by atoms with Crippen LogP contribution < -0.4 is 10.6 Å². The fourth-order valence-corrected chi connectivity index (χ4v) is 2.48. The summed E-state index contributed by atoms with van der Waals surface area (Å²) in [5, 5.41) is 0. The Morgan fingerprint density at radius 1 is 1.31 bits per heavy atom. The standard InChI is InChI=1S/C13H21BrN2/c1-5-16(9(2)3)13-7-6-11(10(4)15)8-12(13)14/h6-10H,5,15H2,1-4H3. The van der Waals surface area contributed by atoms with Crippen LogP contribution in [0.15, 0.2) is 22.7 Å². The van der Waals surface area contributed by atoms with E-state index in [1.807, 2.05) is 6.92 Å². The van der Waals surface area contributed by atoms with E-state index in [0.29, 0.717) is 6.04 Å². The number of hydrogen-bond acceptors (Lipinski definition) is 2. The van der Waals surface area contributed by atoms with Crippen LogP contribution in [0.5, 0.6) is 0 Å². The van der Waals surface area contributed by atoms with Crippen LogP contribution in [-0.4, -0.2) is 12.6 Å². The third kappa shape index (κ3) is 2.98. The van der Waals surface area contributed by atoms with Gasteiger partial charge in [0.2, 0.25) is 0 Å². The van der Waals surface area contributed by atoms with Crippen molar-refractivity contribution in [2.75, 3.05) is 11.4 Å². The van der Waals surface area contributed by atoms with Gasteiger partial charge in [0, 0.05) is 23.1 Å². The second-order valence-corrected chi connectivity index (χ2v) is 5.23. The molecule has 0 amide bonds. The molecule has 1 unspecified atom stereocenters. The molecule has 0 aliphatic rings. The summed E-state index contributed by atoms with van der Waals surface area (Å²) in [6.45, 7) is 9.59.